The van der Waals surface area contributed by atoms with E-state index in [1.807, 2.05) is 0 Å². The van der Waals surface area contributed by atoms with Crippen molar-refractivity contribution >= 4 is 10.2 Å². The molecule has 0 heterocycles. The lowest BCUT2D eigenvalue weighted by molar-refractivity contribution is 0.0472. The summed E-state index contributed by atoms with van der Waals surface area (Å²) < 4.78 is 23.8. The molecule has 0 bridgehead atoms. The van der Waals surface area contributed by atoms with Crippen LogP contribution in [-0.2, 0) is 0 Å². The number of nitrogens with one attached hydrogen (secondary N) is 1. The minimum atomic E-state index is -2.59. The molecule has 0 radical (unpaired) electrons. The van der Waals surface area contributed by atoms with Crippen LogP contribution < -0.4 is 5.32 Å². The van der Waals surface area contributed by atoms with Crippen LogP contribution in [0.5, 0.6) is 0 Å². The van der Waals surface area contributed by atoms with Gasteiger partial charge in [0.15, 0.2) is 0 Å². The van der Waals surface area contributed by atoms with E-state index in [-0.39, 0.29) is 16.3 Å². The highest BCUT2D eigenvalue weighted by molar-refractivity contribution is 6.12. The average Bonchev–Trinajstić information content (AvgIpc) is 1.21. The van der Waals surface area contributed by atoms with Crippen molar-refractivity contribution in [3.05, 3.63) is 0 Å². The zero-order valence-electron chi connectivity index (χ0n) is 5.33. The zero-order valence-corrected chi connectivity index (χ0v) is 7.33. The van der Waals surface area contributed by atoms with Gasteiger partial charge in [-0.15, -0.1) is 0 Å². The van der Waals surface area contributed by atoms with E-state index >= 15 is 0 Å². The van der Waals surface area contributed by atoms with Gasteiger partial charge in [0.05, 0.1) is 0 Å². The minimum absolute atomic E-state index is 0.119. The lowest BCUT2D eigenvalue weighted by Gasteiger charge is -2.15. The van der Waals surface area contributed by atoms with E-state index in [4.69, 9.17) is 0 Å². The summed E-state index contributed by atoms with van der Waals surface area (Å²) in [7, 11) is -0.119. The monoisotopic (exact) mass is 139 g/mol. The molecule has 8 heavy (non-hydrogen) atoms. The van der Waals surface area contributed by atoms with Gasteiger partial charge in [0.2, 0.25) is 0 Å². The normalized spacial score (nSPS) is 13.1. The maximum Gasteiger partial charge on any atom is 0.269 e. The molecular weight excluding hydrogens is 128 g/mol. The Bertz CT molecular complexity index is 68.9. The van der Waals surface area contributed by atoms with Crippen LogP contribution in [0.1, 0.15) is 13.8 Å². The smallest absolute Gasteiger partial charge is 0.261 e. The summed E-state index contributed by atoms with van der Waals surface area (Å²) >= 11 is 0. The first-order chi connectivity index (χ1) is 3.42. The molecule has 1 N–H and O–H groups in total. The van der Waals surface area contributed by atoms with Gasteiger partial charge in [0, 0.05) is 6.04 Å². The van der Waals surface area contributed by atoms with Crippen molar-refractivity contribution in [2.24, 2.45) is 0 Å². The van der Waals surface area contributed by atoms with Crippen molar-refractivity contribution in [3.63, 3.8) is 0 Å². The molecule has 0 unspecified atom stereocenters. The molecule has 0 spiro atoms. The van der Waals surface area contributed by atoms with Gasteiger partial charge in [-0.2, -0.15) is 8.78 Å². The first-order valence-electron chi connectivity index (χ1n) is 2.57. The summed E-state index contributed by atoms with van der Waals surface area (Å²) in [5.41, 5.74) is -2.59. The van der Waals surface area contributed by atoms with Crippen molar-refractivity contribution in [3.8, 4) is 0 Å². The quantitative estimate of drug-likeness (QED) is 0.416. The van der Waals surface area contributed by atoms with E-state index in [0.717, 1.165) is 0 Å². The summed E-state index contributed by atoms with van der Waals surface area (Å²) in [6, 6.07) is -0.123. The highest BCUT2D eigenvalue weighted by atomic mass is 28.1. The Morgan fingerprint density at radius 2 is 1.88 bits per heavy atom. The number of hydrogen-bond acceptors (Lipinski definition) is 1. The van der Waals surface area contributed by atoms with E-state index in [9.17, 15) is 8.78 Å². The second-order valence-electron chi connectivity index (χ2n) is 2.19. The van der Waals surface area contributed by atoms with Crippen LogP contribution in [0.15, 0.2) is 0 Å². The maximum atomic E-state index is 11.9. The first-order valence-corrected chi connectivity index (χ1v) is 3.57. The zero-order chi connectivity index (χ0) is 6.78. The molecule has 0 amide bonds. The highest BCUT2D eigenvalue weighted by Gasteiger charge is 2.19. The molecule has 0 aliphatic rings. The molecule has 0 aromatic heterocycles. The Morgan fingerprint density at radius 1 is 1.50 bits per heavy atom. The van der Waals surface area contributed by atoms with Crippen molar-refractivity contribution in [1.82, 2.24) is 5.32 Å². The van der Waals surface area contributed by atoms with Crippen LogP contribution in [0.4, 0.5) is 8.78 Å². The number of hydrogen-bond donors (Lipinski definition) is 1. The van der Waals surface area contributed by atoms with Crippen molar-refractivity contribution in [2.45, 2.75) is 25.6 Å². The van der Waals surface area contributed by atoms with Gasteiger partial charge in [0.25, 0.3) is 5.67 Å². The Balaban J connectivity index is 3.39. The molecule has 4 heteroatoms. The lowest BCUT2D eigenvalue weighted by atomic mass is 10.4. The van der Waals surface area contributed by atoms with Crippen LogP contribution in [0.25, 0.3) is 0 Å². The average molecular weight is 139 g/mol. The van der Waals surface area contributed by atoms with Gasteiger partial charge in [-0.3, -0.25) is 5.32 Å². The van der Waals surface area contributed by atoms with Crippen LogP contribution in [0.2, 0.25) is 0 Å². The SMILES string of the molecule is CC(C)NC(F)(F)[SiH3]. The number of halogens is 2. The molecule has 0 aromatic rings. The predicted octanol–water partition coefficient (Wildman–Crippen LogP) is -0.0999. The van der Waals surface area contributed by atoms with Crippen LogP contribution in [-0.4, -0.2) is 22.0 Å². The van der Waals surface area contributed by atoms with E-state index < -0.39 is 5.67 Å². The fourth-order valence-electron chi connectivity index (χ4n) is 0.507. The standard InChI is InChI=1S/C4H11F2NSi/c1-3(2)7-4(5,6)8/h3,7H,1-2,8H3. The van der Waals surface area contributed by atoms with Gasteiger partial charge in [-0.05, 0) is 13.8 Å². The second-order valence-corrected chi connectivity index (χ2v) is 3.44. The molecule has 0 aromatic carbocycles. The Morgan fingerprint density at radius 3 is 1.88 bits per heavy atom. The Kier molecular flexibility index (Phi) is 2.56. The third kappa shape index (κ3) is 6.04. The van der Waals surface area contributed by atoms with Crippen LogP contribution >= 0.6 is 0 Å². The van der Waals surface area contributed by atoms with E-state index in [1.54, 1.807) is 13.8 Å². The first kappa shape index (κ1) is 8.04. The fourth-order valence-corrected chi connectivity index (χ4v) is 1.08. The maximum absolute atomic E-state index is 11.9. The Labute approximate surface area is 50.9 Å². The molecule has 0 saturated carbocycles. The summed E-state index contributed by atoms with van der Waals surface area (Å²) in [4.78, 5) is 0. The van der Waals surface area contributed by atoms with Gasteiger partial charge in [0.1, 0.15) is 10.2 Å². The van der Waals surface area contributed by atoms with E-state index in [1.165, 1.54) is 0 Å². The van der Waals surface area contributed by atoms with Crippen molar-refractivity contribution < 1.29 is 8.78 Å². The summed E-state index contributed by atoms with van der Waals surface area (Å²) in [5, 5.41) is 2.11. The summed E-state index contributed by atoms with van der Waals surface area (Å²) in [5.74, 6) is 0. The topological polar surface area (TPSA) is 12.0 Å². The highest BCUT2D eigenvalue weighted by Crippen LogP contribution is 2.01. The largest absolute Gasteiger partial charge is 0.269 e. The molecule has 0 aliphatic heterocycles. The third-order valence-electron chi connectivity index (χ3n) is 0.542. The second kappa shape index (κ2) is 2.55. The molecule has 0 rings (SSSR count). The fraction of sp³-hybridized carbons (Fsp3) is 1.00. The van der Waals surface area contributed by atoms with E-state index in [0.29, 0.717) is 0 Å². The van der Waals surface area contributed by atoms with Gasteiger partial charge < -0.3 is 0 Å². The molecular formula is C4H11F2NSi. The predicted molar refractivity (Wildman–Crippen MR) is 33.2 cm³/mol. The van der Waals surface area contributed by atoms with E-state index in [2.05, 4.69) is 5.32 Å². The molecule has 1 nitrogen and oxygen atoms in total. The van der Waals surface area contributed by atoms with Gasteiger partial charge in [-0.1, -0.05) is 0 Å². The van der Waals surface area contributed by atoms with Gasteiger partial charge in [-0.25, -0.2) is 0 Å². The molecule has 0 saturated heterocycles. The lowest BCUT2D eigenvalue weighted by Crippen LogP contribution is -2.41. The summed E-state index contributed by atoms with van der Waals surface area (Å²) in [6.45, 7) is 3.40. The van der Waals surface area contributed by atoms with Crippen molar-refractivity contribution in [2.75, 3.05) is 0 Å². The number of alkyl halides is 2. The minimum Gasteiger partial charge on any atom is -0.261 e. The molecule has 50 valence electrons. The van der Waals surface area contributed by atoms with Gasteiger partial charge >= 0.3 is 0 Å². The molecule has 0 aliphatic carbocycles. The summed E-state index contributed by atoms with van der Waals surface area (Å²) in [6.07, 6.45) is 0. The molecule has 0 fully saturated rings. The third-order valence-corrected chi connectivity index (χ3v) is 0.831. The van der Waals surface area contributed by atoms with Crippen LogP contribution in [0.3, 0.4) is 0 Å². The molecule has 0 atom stereocenters. The van der Waals surface area contributed by atoms with Crippen molar-refractivity contribution in [1.29, 1.82) is 0 Å². The Hall–Kier alpha value is 0.0369. The number of rotatable bonds is 2. The van der Waals surface area contributed by atoms with Crippen LogP contribution in [0, 0.1) is 0 Å².